The third-order valence-corrected chi connectivity index (χ3v) is 2.94. The van der Waals surface area contributed by atoms with E-state index in [1.165, 1.54) is 12.1 Å². The summed E-state index contributed by atoms with van der Waals surface area (Å²) >= 11 is 0. The molecule has 1 aromatic rings. The Morgan fingerprint density at radius 1 is 1.20 bits per heavy atom. The van der Waals surface area contributed by atoms with Gasteiger partial charge in [-0.25, -0.2) is 0 Å². The first-order valence-corrected chi connectivity index (χ1v) is 6.29. The summed E-state index contributed by atoms with van der Waals surface area (Å²) in [5.41, 5.74) is -0.747. The summed E-state index contributed by atoms with van der Waals surface area (Å²) in [5, 5.41) is 2.74. The number of rotatable bonds is 5. The predicted octanol–water partition coefficient (Wildman–Crippen LogP) is 3.24. The Balaban J connectivity index is 2.48. The molecule has 20 heavy (non-hydrogen) atoms. The minimum absolute atomic E-state index is 0.0127. The zero-order valence-corrected chi connectivity index (χ0v) is 11.6. The Bertz CT molecular complexity index is 441. The van der Waals surface area contributed by atoms with Crippen molar-refractivity contribution in [2.75, 3.05) is 6.61 Å². The number of amides is 1. The number of halogens is 3. The molecule has 1 amide bonds. The first kappa shape index (κ1) is 16.3. The van der Waals surface area contributed by atoms with E-state index in [0.717, 1.165) is 12.1 Å². The Morgan fingerprint density at radius 2 is 1.75 bits per heavy atom. The van der Waals surface area contributed by atoms with E-state index in [1.807, 2.05) is 20.8 Å². The van der Waals surface area contributed by atoms with Crippen molar-refractivity contribution in [3.05, 3.63) is 29.8 Å². The molecule has 1 aromatic carbocycles. The molecule has 0 saturated heterocycles. The van der Waals surface area contributed by atoms with Crippen LogP contribution in [0.2, 0.25) is 0 Å². The van der Waals surface area contributed by atoms with Crippen LogP contribution in [0.15, 0.2) is 24.3 Å². The van der Waals surface area contributed by atoms with Crippen LogP contribution in [-0.4, -0.2) is 18.6 Å². The minimum Gasteiger partial charge on any atom is -0.484 e. The molecular formula is C14H18F3NO2. The Hall–Kier alpha value is -1.72. The zero-order chi connectivity index (χ0) is 15.3. The highest BCUT2D eigenvalue weighted by Gasteiger charge is 2.30. The third-order valence-electron chi connectivity index (χ3n) is 2.94. The normalized spacial score (nSPS) is 13.2. The summed E-state index contributed by atoms with van der Waals surface area (Å²) in [7, 11) is 0. The van der Waals surface area contributed by atoms with Gasteiger partial charge in [-0.05, 0) is 37.1 Å². The topological polar surface area (TPSA) is 38.3 Å². The molecule has 0 aliphatic carbocycles. The van der Waals surface area contributed by atoms with Gasteiger partial charge in [0.25, 0.3) is 5.91 Å². The van der Waals surface area contributed by atoms with E-state index in [2.05, 4.69) is 5.32 Å². The molecule has 112 valence electrons. The van der Waals surface area contributed by atoms with Gasteiger partial charge in [0, 0.05) is 6.04 Å². The minimum atomic E-state index is -4.37. The van der Waals surface area contributed by atoms with Gasteiger partial charge in [-0.3, -0.25) is 4.79 Å². The van der Waals surface area contributed by atoms with E-state index < -0.39 is 11.7 Å². The van der Waals surface area contributed by atoms with Gasteiger partial charge in [-0.15, -0.1) is 0 Å². The van der Waals surface area contributed by atoms with Crippen molar-refractivity contribution in [1.29, 1.82) is 0 Å². The number of alkyl halides is 3. The van der Waals surface area contributed by atoms with Crippen molar-refractivity contribution in [1.82, 2.24) is 5.32 Å². The fourth-order valence-corrected chi connectivity index (χ4v) is 1.35. The van der Waals surface area contributed by atoms with Crippen molar-refractivity contribution < 1.29 is 22.7 Å². The maximum atomic E-state index is 12.3. The maximum Gasteiger partial charge on any atom is 0.416 e. The van der Waals surface area contributed by atoms with Crippen LogP contribution in [0.3, 0.4) is 0 Å². The van der Waals surface area contributed by atoms with Crippen molar-refractivity contribution in [2.24, 2.45) is 5.92 Å². The van der Waals surface area contributed by atoms with Crippen LogP contribution in [0.25, 0.3) is 0 Å². The van der Waals surface area contributed by atoms with Crippen LogP contribution in [0.5, 0.6) is 5.75 Å². The van der Waals surface area contributed by atoms with E-state index in [0.29, 0.717) is 5.92 Å². The summed E-state index contributed by atoms with van der Waals surface area (Å²) in [6.45, 7) is 5.60. The summed E-state index contributed by atoms with van der Waals surface area (Å²) in [6, 6.07) is 4.25. The molecule has 0 bridgehead atoms. The lowest BCUT2D eigenvalue weighted by Crippen LogP contribution is -2.38. The number of nitrogens with one attached hydrogen (secondary N) is 1. The highest BCUT2D eigenvalue weighted by Crippen LogP contribution is 2.30. The van der Waals surface area contributed by atoms with E-state index >= 15 is 0 Å². The van der Waals surface area contributed by atoms with E-state index in [1.54, 1.807) is 0 Å². The second kappa shape index (κ2) is 6.63. The molecule has 6 heteroatoms. The molecular weight excluding hydrogens is 271 g/mol. The molecule has 1 unspecified atom stereocenters. The second-order valence-corrected chi connectivity index (χ2v) is 4.91. The van der Waals surface area contributed by atoms with Gasteiger partial charge in [-0.2, -0.15) is 13.2 Å². The molecule has 0 saturated carbocycles. The smallest absolute Gasteiger partial charge is 0.416 e. The lowest BCUT2D eigenvalue weighted by atomic mass is 10.1. The Kier molecular flexibility index (Phi) is 5.42. The summed E-state index contributed by atoms with van der Waals surface area (Å²) in [6.07, 6.45) is -4.37. The Labute approximate surface area is 116 Å². The van der Waals surface area contributed by atoms with Gasteiger partial charge in [-0.1, -0.05) is 13.8 Å². The van der Waals surface area contributed by atoms with Gasteiger partial charge >= 0.3 is 6.18 Å². The Morgan fingerprint density at radius 3 is 2.20 bits per heavy atom. The molecule has 0 spiro atoms. The van der Waals surface area contributed by atoms with Crippen LogP contribution in [-0.2, 0) is 11.0 Å². The zero-order valence-electron chi connectivity index (χ0n) is 11.6. The quantitative estimate of drug-likeness (QED) is 0.903. The summed E-state index contributed by atoms with van der Waals surface area (Å²) in [4.78, 5) is 11.5. The number of carbonyl (C=O) groups is 1. The fraction of sp³-hybridized carbons (Fsp3) is 0.500. The van der Waals surface area contributed by atoms with Crippen LogP contribution in [0.4, 0.5) is 13.2 Å². The molecule has 3 nitrogen and oxygen atoms in total. The standard InChI is InChI=1S/C14H18F3NO2/c1-9(2)10(3)18-13(19)8-20-12-6-4-11(5-7-12)14(15,16)17/h4-7,9-10H,8H2,1-3H3,(H,18,19). The molecule has 1 N–H and O–H groups in total. The van der Waals surface area contributed by atoms with Gasteiger partial charge in [0.1, 0.15) is 5.75 Å². The first-order valence-electron chi connectivity index (χ1n) is 6.29. The lowest BCUT2D eigenvalue weighted by molar-refractivity contribution is -0.137. The van der Waals surface area contributed by atoms with Gasteiger partial charge < -0.3 is 10.1 Å². The highest BCUT2D eigenvalue weighted by molar-refractivity contribution is 5.77. The fourth-order valence-electron chi connectivity index (χ4n) is 1.35. The molecule has 1 rings (SSSR count). The van der Waals surface area contributed by atoms with Gasteiger partial charge in [0.2, 0.25) is 0 Å². The number of ether oxygens (including phenoxy) is 1. The molecule has 0 aliphatic rings. The third kappa shape index (κ3) is 5.11. The molecule has 0 fully saturated rings. The maximum absolute atomic E-state index is 12.3. The van der Waals surface area contributed by atoms with Crippen LogP contribution in [0.1, 0.15) is 26.3 Å². The number of hydrogen-bond donors (Lipinski definition) is 1. The van der Waals surface area contributed by atoms with Crippen molar-refractivity contribution in [3.8, 4) is 5.75 Å². The highest BCUT2D eigenvalue weighted by atomic mass is 19.4. The predicted molar refractivity (Wildman–Crippen MR) is 69.4 cm³/mol. The van der Waals surface area contributed by atoms with Crippen LogP contribution in [0, 0.1) is 5.92 Å². The largest absolute Gasteiger partial charge is 0.484 e. The monoisotopic (exact) mass is 289 g/mol. The second-order valence-electron chi connectivity index (χ2n) is 4.91. The molecule has 0 radical (unpaired) electrons. The van der Waals surface area contributed by atoms with E-state index in [-0.39, 0.29) is 24.3 Å². The summed E-state index contributed by atoms with van der Waals surface area (Å²) < 4.78 is 42.2. The van der Waals surface area contributed by atoms with E-state index in [9.17, 15) is 18.0 Å². The number of hydrogen-bond acceptors (Lipinski definition) is 2. The molecule has 0 heterocycles. The van der Waals surface area contributed by atoms with Crippen molar-refractivity contribution in [2.45, 2.75) is 33.0 Å². The number of benzene rings is 1. The first-order chi connectivity index (χ1) is 9.20. The average Bonchev–Trinajstić information content (AvgIpc) is 2.35. The van der Waals surface area contributed by atoms with Crippen LogP contribution < -0.4 is 10.1 Å². The van der Waals surface area contributed by atoms with Gasteiger partial charge in [0.15, 0.2) is 6.61 Å². The van der Waals surface area contributed by atoms with E-state index in [4.69, 9.17) is 4.74 Å². The molecule has 0 aliphatic heterocycles. The lowest BCUT2D eigenvalue weighted by Gasteiger charge is -2.17. The number of carbonyl (C=O) groups excluding carboxylic acids is 1. The summed E-state index contributed by atoms with van der Waals surface area (Å²) in [5.74, 6) is 0.224. The SMILES string of the molecule is CC(C)C(C)NC(=O)COc1ccc(C(F)(F)F)cc1. The van der Waals surface area contributed by atoms with Crippen molar-refractivity contribution >= 4 is 5.91 Å². The molecule has 0 aromatic heterocycles. The average molecular weight is 289 g/mol. The van der Waals surface area contributed by atoms with Gasteiger partial charge in [0.05, 0.1) is 5.56 Å². The molecule has 1 atom stereocenters. The van der Waals surface area contributed by atoms with Crippen LogP contribution >= 0.6 is 0 Å². The van der Waals surface area contributed by atoms with Crippen molar-refractivity contribution in [3.63, 3.8) is 0 Å².